The molecule has 0 aliphatic carbocycles. The van der Waals surface area contributed by atoms with E-state index >= 15 is 0 Å². The molecule has 3 fully saturated rings. The van der Waals surface area contributed by atoms with Crippen molar-refractivity contribution in [1.29, 1.82) is 0 Å². The molecule has 0 unspecified atom stereocenters. The standard InChI is InChI=1S/C30H36Cl3N5O4.H2S/c1-19(39)35-9-11-36(12-10-35)28(40)26-4-3-23(16-27(26)33)34-24-17-38(18-24)25-5-7-37(8-6-25)29(41)30(2,42)20-13-21(31)15-22(32)14-20;/h3-4,13-16,24-25,34,42H,5-12,17-18H2,1-2H3;1H2/t30-;/m0./s1. The Labute approximate surface area is 274 Å². The fraction of sp³-hybridized carbons (Fsp3) is 0.500. The second-order valence-corrected chi connectivity index (χ2v) is 12.8. The number of hydrogen-bond donors (Lipinski definition) is 2. The van der Waals surface area contributed by atoms with E-state index in [-0.39, 0.29) is 37.3 Å². The number of rotatable bonds is 6. The lowest BCUT2D eigenvalue weighted by molar-refractivity contribution is -0.152. The summed E-state index contributed by atoms with van der Waals surface area (Å²) in [6.07, 6.45) is 1.66. The molecule has 3 heterocycles. The smallest absolute Gasteiger partial charge is 0.258 e. The molecule has 0 saturated carbocycles. The lowest BCUT2D eigenvalue weighted by Gasteiger charge is -2.48. The first-order chi connectivity index (χ1) is 19.9. The maximum absolute atomic E-state index is 13.2. The van der Waals surface area contributed by atoms with Crippen LogP contribution in [0.4, 0.5) is 5.69 Å². The third-order valence-electron chi connectivity index (χ3n) is 8.60. The Kier molecular flexibility index (Phi) is 10.8. The quantitative estimate of drug-likeness (QED) is 0.482. The molecule has 0 bridgehead atoms. The van der Waals surface area contributed by atoms with Crippen molar-refractivity contribution in [2.45, 2.75) is 44.4 Å². The number of piperidine rings is 1. The van der Waals surface area contributed by atoms with Gasteiger partial charge < -0.3 is 25.1 Å². The van der Waals surface area contributed by atoms with E-state index in [4.69, 9.17) is 34.8 Å². The van der Waals surface area contributed by atoms with Crippen molar-refractivity contribution in [3.8, 4) is 0 Å². The zero-order valence-corrected chi connectivity index (χ0v) is 27.6. The molecule has 2 N–H and O–H groups in total. The maximum atomic E-state index is 13.2. The minimum Gasteiger partial charge on any atom is -0.380 e. The van der Waals surface area contributed by atoms with Gasteiger partial charge >= 0.3 is 0 Å². The number of halogens is 3. The molecule has 9 nitrogen and oxygen atoms in total. The van der Waals surface area contributed by atoms with Crippen molar-refractivity contribution < 1.29 is 19.5 Å². The van der Waals surface area contributed by atoms with Gasteiger partial charge in [0.25, 0.3) is 11.8 Å². The normalized spacial score (nSPS) is 19.7. The molecular formula is C30H38Cl3N5O4S. The van der Waals surface area contributed by atoms with Gasteiger partial charge in [0.2, 0.25) is 5.91 Å². The van der Waals surface area contributed by atoms with Crippen LogP contribution in [0.1, 0.15) is 42.6 Å². The molecule has 5 rings (SSSR count). The molecule has 13 heteroatoms. The number of hydrogen-bond acceptors (Lipinski definition) is 6. The summed E-state index contributed by atoms with van der Waals surface area (Å²) in [5, 5.41) is 15.7. The van der Waals surface area contributed by atoms with Crippen LogP contribution >= 0.6 is 48.3 Å². The molecule has 0 aromatic heterocycles. The average molecular weight is 671 g/mol. The van der Waals surface area contributed by atoms with Gasteiger partial charge in [-0.1, -0.05) is 34.8 Å². The second-order valence-electron chi connectivity index (χ2n) is 11.5. The van der Waals surface area contributed by atoms with E-state index in [2.05, 4.69) is 10.2 Å². The number of anilines is 1. The molecule has 3 aliphatic rings. The van der Waals surface area contributed by atoms with Crippen LogP contribution in [0, 0.1) is 0 Å². The van der Waals surface area contributed by atoms with Gasteiger partial charge in [0.15, 0.2) is 5.60 Å². The Balaban J connectivity index is 0.00000423. The predicted octanol–water partition coefficient (Wildman–Crippen LogP) is 4.06. The number of nitrogens with one attached hydrogen (secondary N) is 1. The maximum Gasteiger partial charge on any atom is 0.258 e. The molecule has 1 atom stereocenters. The van der Waals surface area contributed by atoms with Gasteiger partial charge in [-0.15, -0.1) is 0 Å². The Morgan fingerprint density at radius 1 is 0.860 bits per heavy atom. The fourth-order valence-electron chi connectivity index (χ4n) is 6.01. The number of benzene rings is 2. The average Bonchev–Trinajstić information content (AvgIpc) is 2.93. The van der Waals surface area contributed by atoms with Crippen LogP contribution in [0.3, 0.4) is 0 Å². The topological polar surface area (TPSA) is 96.4 Å². The van der Waals surface area contributed by atoms with Crippen LogP contribution in [0.25, 0.3) is 0 Å². The number of amides is 3. The first kappa shape index (κ1) is 33.7. The third-order valence-corrected chi connectivity index (χ3v) is 9.35. The van der Waals surface area contributed by atoms with E-state index < -0.39 is 5.60 Å². The molecule has 3 amide bonds. The molecule has 2 aromatic rings. The number of carbonyl (C=O) groups is 3. The predicted molar refractivity (Wildman–Crippen MR) is 175 cm³/mol. The van der Waals surface area contributed by atoms with E-state index in [0.29, 0.717) is 71.5 Å². The van der Waals surface area contributed by atoms with Crippen LogP contribution in [-0.2, 0) is 15.2 Å². The van der Waals surface area contributed by atoms with E-state index in [1.807, 2.05) is 6.07 Å². The van der Waals surface area contributed by atoms with Gasteiger partial charge in [0, 0.05) is 81.1 Å². The molecule has 0 radical (unpaired) electrons. The number of carbonyl (C=O) groups excluding carboxylic acids is 3. The van der Waals surface area contributed by atoms with E-state index in [0.717, 1.165) is 31.6 Å². The monoisotopic (exact) mass is 669 g/mol. The highest BCUT2D eigenvalue weighted by Gasteiger charge is 2.40. The van der Waals surface area contributed by atoms with Crippen LogP contribution in [-0.4, -0.2) is 107 Å². The minimum atomic E-state index is -1.71. The van der Waals surface area contributed by atoms with Crippen molar-refractivity contribution in [2.75, 3.05) is 57.7 Å². The minimum absolute atomic E-state index is 0. The van der Waals surface area contributed by atoms with Gasteiger partial charge in [-0.2, -0.15) is 13.5 Å². The van der Waals surface area contributed by atoms with Crippen LogP contribution in [0.2, 0.25) is 15.1 Å². The highest BCUT2D eigenvalue weighted by molar-refractivity contribution is 7.59. The number of likely N-dealkylation sites (tertiary alicyclic amines) is 2. The summed E-state index contributed by atoms with van der Waals surface area (Å²) in [5.41, 5.74) is 0.00612. The van der Waals surface area contributed by atoms with Gasteiger partial charge in [-0.25, -0.2) is 0 Å². The number of aliphatic hydroxyl groups is 1. The Morgan fingerprint density at radius 2 is 1.44 bits per heavy atom. The summed E-state index contributed by atoms with van der Waals surface area (Å²) in [6.45, 7) is 7.96. The zero-order valence-electron chi connectivity index (χ0n) is 24.3. The Bertz CT molecular complexity index is 1340. The lowest BCUT2D eigenvalue weighted by Crippen LogP contribution is -2.61. The van der Waals surface area contributed by atoms with Gasteiger partial charge in [0.05, 0.1) is 16.6 Å². The van der Waals surface area contributed by atoms with Crippen molar-refractivity contribution in [1.82, 2.24) is 19.6 Å². The van der Waals surface area contributed by atoms with Crippen LogP contribution < -0.4 is 5.32 Å². The first-order valence-electron chi connectivity index (χ1n) is 14.3. The molecule has 3 saturated heterocycles. The third kappa shape index (κ3) is 7.54. The number of nitrogens with zero attached hydrogens (tertiary/aromatic N) is 4. The Hall–Kier alpha value is -2.21. The molecule has 43 heavy (non-hydrogen) atoms. The van der Waals surface area contributed by atoms with Crippen LogP contribution in [0.5, 0.6) is 0 Å². The highest BCUT2D eigenvalue weighted by Crippen LogP contribution is 2.32. The summed E-state index contributed by atoms with van der Waals surface area (Å²) in [6, 6.07) is 10.8. The lowest BCUT2D eigenvalue weighted by atomic mass is 9.92. The van der Waals surface area contributed by atoms with E-state index in [9.17, 15) is 19.5 Å². The van der Waals surface area contributed by atoms with Crippen molar-refractivity contribution in [2.24, 2.45) is 0 Å². The molecule has 3 aliphatic heterocycles. The number of piperazine rings is 1. The molecule has 234 valence electrons. The fourth-order valence-corrected chi connectivity index (χ4v) is 6.80. The second kappa shape index (κ2) is 13.8. The summed E-state index contributed by atoms with van der Waals surface area (Å²) < 4.78 is 0. The van der Waals surface area contributed by atoms with Gasteiger partial charge in [-0.3, -0.25) is 19.3 Å². The van der Waals surface area contributed by atoms with Gasteiger partial charge in [0.1, 0.15) is 0 Å². The summed E-state index contributed by atoms with van der Waals surface area (Å²) in [5.74, 6) is -0.442. The van der Waals surface area contributed by atoms with Crippen molar-refractivity contribution in [3.05, 3.63) is 62.6 Å². The zero-order chi connectivity index (χ0) is 30.2. The van der Waals surface area contributed by atoms with Crippen molar-refractivity contribution >= 4 is 71.7 Å². The summed E-state index contributed by atoms with van der Waals surface area (Å²) in [7, 11) is 0. The SMILES string of the molecule is CC(=O)N1CCN(C(=O)c2ccc(NC3CN(C4CCN(C(=O)[C@@](C)(O)c5cc(Cl)cc(Cl)c5)CC4)C3)cc2Cl)CC1.S. The molecule has 0 spiro atoms. The molecular weight excluding hydrogens is 633 g/mol. The summed E-state index contributed by atoms with van der Waals surface area (Å²) in [4.78, 5) is 45.4. The van der Waals surface area contributed by atoms with Crippen LogP contribution in [0.15, 0.2) is 36.4 Å². The first-order valence-corrected chi connectivity index (χ1v) is 15.4. The van der Waals surface area contributed by atoms with Gasteiger partial charge in [-0.05, 0) is 61.7 Å². The largest absolute Gasteiger partial charge is 0.380 e. The summed E-state index contributed by atoms with van der Waals surface area (Å²) >= 11 is 18.7. The Morgan fingerprint density at radius 3 is 2.00 bits per heavy atom. The van der Waals surface area contributed by atoms with Crippen molar-refractivity contribution in [3.63, 3.8) is 0 Å². The van der Waals surface area contributed by atoms with E-state index in [1.165, 1.54) is 6.92 Å². The molecule has 2 aromatic carbocycles. The van der Waals surface area contributed by atoms with E-state index in [1.54, 1.807) is 52.0 Å². The highest BCUT2D eigenvalue weighted by atomic mass is 35.5.